The van der Waals surface area contributed by atoms with Gasteiger partial charge in [-0.2, -0.15) is 5.10 Å². The van der Waals surface area contributed by atoms with Crippen molar-refractivity contribution in [2.45, 2.75) is 5.03 Å². The molecule has 0 aliphatic rings. The number of aromatic nitrogens is 1. The van der Waals surface area contributed by atoms with E-state index in [1.807, 2.05) is 60.7 Å². The van der Waals surface area contributed by atoms with Gasteiger partial charge in [-0.3, -0.25) is 4.79 Å². The summed E-state index contributed by atoms with van der Waals surface area (Å²) < 4.78 is 1.00. The van der Waals surface area contributed by atoms with Crippen LogP contribution in [0.25, 0.3) is 10.9 Å². The smallest absolute Gasteiger partial charge is 0.250 e. The molecular weight excluding hydrogens is 386 g/mol. The normalized spacial score (nSPS) is 11.0. The van der Waals surface area contributed by atoms with Crippen molar-refractivity contribution in [2.24, 2.45) is 5.10 Å². The number of carbonyl (C=O) groups is 1. The maximum absolute atomic E-state index is 11.8. The number of nitrogens with zero attached hydrogens (tertiary/aromatic N) is 2. The molecule has 1 amide bonds. The summed E-state index contributed by atoms with van der Waals surface area (Å²) in [5, 5.41) is 5.87. The van der Waals surface area contributed by atoms with E-state index in [4.69, 9.17) is 0 Å². The third-order valence-corrected chi connectivity index (χ3v) is 4.66. The Kier molecular flexibility index (Phi) is 5.61. The molecular formula is C18H14BrN3OS. The van der Waals surface area contributed by atoms with Crippen molar-refractivity contribution in [2.75, 3.05) is 5.75 Å². The molecule has 1 N–H and O–H groups in total. The molecule has 0 atom stereocenters. The van der Waals surface area contributed by atoms with E-state index < -0.39 is 0 Å². The van der Waals surface area contributed by atoms with Crippen LogP contribution in [0.15, 0.2) is 75.3 Å². The predicted molar refractivity (Wildman–Crippen MR) is 102 cm³/mol. The largest absolute Gasteiger partial charge is 0.272 e. The second-order valence-electron chi connectivity index (χ2n) is 4.98. The van der Waals surface area contributed by atoms with Crippen LogP contribution in [0.1, 0.15) is 5.56 Å². The Morgan fingerprint density at radius 3 is 2.75 bits per heavy atom. The lowest BCUT2D eigenvalue weighted by molar-refractivity contribution is -0.118. The van der Waals surface area contributed by atoms with Gasteiger partial charge in [0.1, 0.15) is 0 Å². The van der Waals surface area contributed by atoms with Gasteiger partial charge in [-0.1, -0.05) is 64.1 Å². The number of halogens is 1. The van der Waals surface area contributed by atoms with Crippen molar-refractivity contribution in [3.63, 3.8) is 0 Å². The fraction of sp³-hybridized carbons (Fsp3) is 0.0556. The number of fused-ring (bicyclic) bond motifs is 1. The van der Waals surface area contributed by atoms with Crippen LogP contribution in [0.2, 0.25) is 0 Å². The Hall–Kier alpha value is -2.18. The highest BCUT2D eigenvalue weighted by Gasteiger charge is 2.03. The number of para-hydroxylation sites is 1. The first-order chi connectivity index (χ1) is 11.7. The molecule has 1 heterocycles. The SMILES string of the molecule is O=C(CSc1ccc2ccccc2n1)N/N=C\c1ccc(Br)cc1. The molecule has 0 saturated carbocycles. The molecule has 1 aromatic heterocycles. The molecule has 3 aromatic rings. The minimum Gasteiger partial charge on any atom is -0.272 e. The summed E-state index contributed by atoms with van der Waals surface area (Å²) >= 11 is 4.76. The molecule has 4 nitrogen and oxygen atoms in total. The van der Waals surface area contributed by atoms with E-state index in [0.717, 1.165) is 26.0 Å². The molecule has 0 unspecified atom stereocenters. The Labute approximate surface area is 152 Å². The Bertz CT molecular complexity index is 881. The van der Waals surface area contributed by atoms with Gasteiger partial charge in [0.2, 0.25) is 5.91 Å². The molecule has 0 saturated heterocycles. The van der Waals surface area contributed by atoms with Crippen molar-refractivity contribution in [1.82, 2.24) is 10.4 Å². The number of benzene rings is 2. The van der Waals surface area contributed by atoms with Crippen molar-refractivity contribution < 1.29 is 4.79 Å². The molecule has 2 aromatic carbocycles. The van der Waals surface area contributed by atoms with Gasteiger partial charge in [-0.25, -0.2) is 10.4 Å². The monoisotopic (exact) mass is 399 g/mol. The summed E-state index contributed by atoms with van der Waals surface area (Å²) in [7, 11) is 0. The van der Waals surface area contributed by atoms with Crippen molar-refractivity contribution >= 4 is 50.7 Å². The molecule has 0 bridgehead atoms. The van der Waals surface area contributed by atoms with Crippen LogP contribution in [0.5, 0.6) is 0 Å². The number of amides is 1. The second-order valence-corrected chi connectivity index (χ2v) is 6.89. The summed E-state index contributed by atoms with van der Waals surface area (Å²) in [6.07, 6.45) is 1.61. The number of pyridine rings is 1. The van der Waals surface area contributed by atoms with Crippen LogP contribution in [0.4, 0.5) is 0 Å². The summed E-state index contributed by atoms with van der Waals surface area (Å²) in [4.78, 5) is 16.4. The van der Waals surface area contributed by atoms with Crippen LogP contribution >= 0.6 is 27.7 Å². The van der Waals surface area contributed by atoms with E-state index in [1.54, 1.807) is 6.21 Å². The van der Waals surface area contributed by atoms with E-state index in [1.165, 1.54) is 11.8 Å². The molecule has 0 spiro atoms. The van der Waals surface area contributed by atoms with Gasteiger partial charge in [0, 0.05) is 9.86 Å². The third kappa shape index (κ3) is 4.66. The Balaban J connectivity index is 1.52. The van der Waals surface area contributed by atoms with Crippen molar-refractivity contribution in [3.05, 3.63) is 70.7 Å². The average molecular weight is 400 g/mol. The van der Waals surface area contributed by atoms with Gasteiger partial charge < -0.3 is 0 Å². The number of carbonyl (C=O) groups excluding carboxylic acids is 1. The van der Waals surface area contributed by atoms with Crippen molar-refractivity contribution in [3.8, 4) is 0 Å². The number of hydrogen-bond acceptors (Lipinski definition) is 4. The van der Waals surface area contributed by atoms with Gasteiger partial charge >= 0.3 is 0 Å². The molecule has 120 valence electrons. The minimum absolute atomic E-state index is 0.164. The zero-order valence-corrected chi connectivity index (χ0v) is 15.0. The van der Waals surface area contributed by atoms with Gasteiger partial charge in [0.15, 0.2) is 0 Å². The van der Waals surface area contributed by atoms with Crippen LogP contribution < -0.4 is 5.43 Å². The van der Waals surface area contributed by atoms with E-state index >= 15 is 0 Å². The van der Waals surface area contributed by atoms with Crippen LogP contribution in [0, 0.1) is 0 Å². The first kappa shape index (κ1) is 16.7. The minimum atomic E-state index is -0.164. The third-order valence-electron chi connectivity index (χ3n) is 3.20. The molecule has 0 aliphatic heterocycles. The van der Waals surface area contributed by atoms with Gasteiger partial charge in [-0.15, -0.1) is 0 Å². The highest BCUT2D eigenvalue weighted by atomic mass is 79.9. The zero-order chi connectivity index (χ0) is 16.8. The van der Waals surface area contributed by atoms with Gasteiger partial charge in [0.05, 0.1) is 22.5 Å². The molecule has 0 radical (unpaired) electrons. The lowest BCUT2D eigenvalue weighted by Gasteiger charge is -2.02. The van der Waals surface area contributed by atoms with E-state index in [-0.39, 0.29) is 11.7 Å². The van der Waals surface area contributed by atoms with Gasteiger partial charge in [-0.05, 0) is 29.8 Å². The summed E-state index contributed by atoms with van der Waals surface area (Å²) in [5.41, 5.74) is 4.37. The fourth-order valence-electron chi connectivity index (χ4n) is 2.03. The zero-order valence-electron chi connectivity index (χ0n) is 12.6. The standard InChI is InChI=1S/C18H14BrN3OS/c19-15-8-5-13(6-9-15)11-20-22-17(23)12-24-18-10-7-14-3-1-2-4-16(14)21-18/h1-11H,12H2,(H,22,23)/b20-11-. The molecule has 0 fully saturated rings. The highest BCUT2D eigenvalue weighted by molar-refractivity contribution is 9.10. The lowest BCUT2D eigenvalue weighted by Crippen LogP contribution is -2.19. The molecule has 3 rings (SSSR count). The number of nitrogens with one attached hydrogen (secondary N) is 1. The van der Waals surface area contributed by atoms with Gasteiger partial charge in [0.25, 0.3) is 0 Å². The van der Waals surface area contributed by atoms with Crippen molar-refractivity contribution in [1.29, 1.82) is 0 Å². The quantitative estimate of drug-likeness (QED) is 0.396. The number of hydrogen-bond donors (Lipinski definition) is 1. The van der Waals surface area contributed by atoms with E-state index in [0.29, 0.717) is 0 Å². The lowest BCUT2D eigenvalue weighted by atomic mass is 10.2. The van der Waals surface area contributed by atoms with E-state index in [9.17, 15) is 4.79 Å². The maximum Gasteiger partial charge on any atom is 0.250 e. The molecule has 24 heavy (non-hydrogen) atoms. The Morgan fingerprint density at radius 2 is 1.92 bits per heavy atom. The Morgan fingerprint density at radius 1 is 1.12 bits per heavy atom. The van der Waals surface area contributed by atoms with Crippen LogP contribution in [-0.2, 0) is 4.79 Å². The summed E-state index contributed by atoms with van der Waals surface area (Å²) in [6, 6.07) is 19.5. The number of rotatable bonds is 5. The summed E-state index contributed by atoms with van der Waals surface area (Å²) in [5.74, 6) is 0.103. The second kappa shape index (κ2) is 8.08. The first-order valence-electron chi connectivity index (χ1n) is 7.27. The fourth-order valence-corrected chi connectivity index (χ4v) is 2.96. The topological polar surface area (TPSA) is 54.4 Å². The summed E-state index contributed by atoms with van der Waals surface area (Å²) in [6.45, 7) is 0. The average Bonchev–Trinajstić information content (AvgIpc) is 2.61. The molecule has 6 heteroatoms. The maximum atomic E-state index is 11.8. The highest BCUT2D eigenvalue weighted by Crippen LogP contribution is 2.19. The van der Waals surface area contributed by atoms with Crippen LogP contribution in [-0.4, -0.2) is 22.9 Å². The van der Waals surface area contributed by atoms with Crippen LogP contribution in [0.3, 0.4) is 0 Å². The number of hydrazone groups is 1. The molecule has 0 aliphatic carbocycles. The first-order valence-corrected chi connectivity index (χ1v) is 9.05. The van der Waals surface area contributed by atoms with E-state index in [2.05, 4.69) is 31.4 Å². The number of thioether (sulfide) groups is 1. The predicted octanol–water partition coefficient (Wildman–Crippen LogP) is 4.24.